The predicted molar refractivity (Wildman–Crippen MR) is 68.4 cm³/mol. The summed E-state index contributed by atoms with van der Waals surface area (Å²) in [7, 11) is 0. The molecule has 0 atom stereocenters. The van der Waals surface area contributed by atoms with Crippen molar-refractivity contribution in [1.82, 2.24) is 0 Å². The van der Waals surface area contributed by atoms with Crippen molar-refractivity contribution in [1.29, 1.82) is 0 Å². The van der Waals surface area contributed by atoms with Crippen LogP contribution in [-0.2, 0) is 4.74 Å². The monoisotopic (exact) mass is 255 g/mol. The molecule has 0 amide bonds. The predicted octanol–water partition coefficient (Wildman–Crippen LogP) is 3.55. The van der Waals surface area contributed by atoms with Gasteiger partial charge in [0.1, 0.15) is 0 Å². The fourth-order valence-corrected chi connectivity index (χ4v) is 2.30. The summed E-state index contributed by atoms with van der Waals surface area (Å²) in [6, 6.07) is 5.27. The van der Waals surface area contributed by atoms with E-state index in [4.69, 9.17) is 4.74 Å². The molecule has 2 rings (SSSR count). The first-order valence-electron chi connectivity index (χ1n) is 6.17. The van der Waals surface area contributed by atoms with E-state index in [-0.39, 0.29) is 11.2 Å². The fraction of sp³-hybridized carbons (Fsp3) is 0.571. The van der Waals surface area contributed by atoms with Crippen LogP contribution >= 0.6 is 0 Å². The Hall–Kier alpha value is -1.16. The van der Waals surface area contributed by atoms with Crippen LogP contribution in [0.25, 0.3) is 0 Å². The third kappa shape index (κ3) is 2.80. The number of halogens is 2. The Morgan fingerprint density at radius 1 is 1.33 bits per heavy atom. The van der Waals surface area contributed by atoms with Gasteiger partial charge in [-0.25, -0.2) is 8.78 Å². The van der Waals surface area contributed by atoms with Gasteiger partial charge < -0.3 is 9.64 Å². The van der Waals surface area contributed by atoms with Crippen LogP contribution in [-0.4, -0.2) is 25.3 Å². The average Bonchev–Trinajstić information content (AvgIpc) is 2.27. The zero-order chi connectivity index (χ0) is 13.3. The number of anilines is 1. The quantitative estimate of drug-likeness (QED) is 0.801. The zero-order valence-electron chi connectivity index (χ0n) is 11.0. The number of hydrogen-bond donors (Lipinski definition) is 0. The van der Waals surface area contributed by atoms with E-state index in [1.165, 1.54) is 0 Å². The smallest absolute Gasteiger partial charge is 0.264 e. The first-order valence-corrected chi connectivity index (χ1v) is 6.17. The summed E-state index contributed by atoms with van der Waals surface area (Å²) in [6.07, 6.45) is -2.42. The Morgan fingerprint density at radius 3 is 2.67 bits per heavy atom. The van der Waals surface area contributed by atoms with E-state index in [1.54, 1.807) is 19.1 Å². The van der Waals surface area contributed by atoms with Crippen molar-refractivity contribution < 1.29 is 13.5 Å². The van der Waals surface area contributed by atoms with Crippen molar-refractivity contribution in [2.75, 3.05) is 24.6 Å². The molecule has 1 aliphatic heterocycles. The highest BCUT2D eigenvalue weighted by molar-refractivity contribution is 5.52. The largest absolute Gasteiger partial charge is 0.372 e. The van der Waals surface area contributed by atoms with Gasteiger partial charge in [0.15, 0.2) is 0 Å². The maximum Gasteiger partial charge on any atom is 0.264 e. The average molecular weight is 255 g/mol. The lowest BCUT2D eigenvalue weighted by Crippen LogP contribution is -2.48. The Morgan fingerprint density at radius 2 is 2.06 bits per heavy atom. The first kappa shape index (κ1) is 13.3. The zero-order valence-corrected chi connectivity index (χ0v) is 11.0. The molecule has 1 aliphatic rings. The van der Waals surface area contributed by atoms with Gasteiger partial charge in [-0.2, -0.15) is 0 Å². The minimum absolute atomic E-state index is 0.122. The van der Waals surface area contributed by atoms with Crippen molar-refractivity contribution in [2.45, 2.75) is 32.8 Å². The molecule has 0 aliphatic carbocycles. The van der Waals surface area contributed by atoms with Crippen LogP contribution in [0.3, 0.4) is 0 Å². The molecule has 1 aromatic carbocycles. The lowest BCUT2D eigenvalue weighted by molar-refractivity contribution is -0.0277. The number of ether oxygens (including phenoxy) is 1. The molecule has 1 aromatic rings. The van der Waals surface area contributed by atoms with Crippen molar-refractivity contribution in [2.24, 2.45) is 0 Å². The second kappa shape index (κ2) is 4.84. The maximum atomic E-state index is 12.9. The molecule has 18 heavy (non-hydrogen) atoms. The summed E-state index contributed by atoms with van der Waals surface area (Å²) < 4.78 is 31.4. The first-order chi connectivity index (χ1) is 8.39. The van der Waals surface area contributed by atoms with Crippen molar-refractivity contribution >= 4 is 5.69 Å². The molecule has 100 valence electrons. The molecule has 2 nitrogen and oxygen atoms in total. The summed E-state index contributed by atoms with van der Waals surface area (Å²) in [5.41, 5.74) is 1.39. The highest BCUT2D eigenvalue weighted by Gasteiger charge is 2.27. The van der Waals surface area contributed by atoms with Crippen molar-refractivity contribution in [3.8, 4) is 0 Å². The summed E-state index contributed by atoms with van der Waals surface area (Å²) in [4.78, 5) is 2.11. The van der Waals surface area contributed by atoms with Gasteiger partial charge in [0.25, 0.3) is 6.43 Å². The Labute approximate surface area is 107 Å². The molecule has 0 N–H and O–H groups in total. The van der Waals surface area contributed by atoms with Gasteiger partial charge >= 0.3 is 0 Å². The Bertz CT molecular complexity index is 432. The number of aryl methyl sites for hydroxylation is 1. The third-order valence-corrected chi connectivity index (χ3v) is 3.29. The third-order valence-electron chi connectivity index (χ3n) is 3.29. The van der Waals surface area contributed by atoms with E-state index in [0.717, 1.165) is 18.8 Å². The molecule has 0 aromatic heterocycles. The molecule has 0 unspecified atom stereocenters. The van der Waals surface area contributed by atoms with Crippen molar-refractivity contribution in [3.05, 3.63) is 29.3 Å². The second-order valence-corrected chi connectivity index (χ2v) is 5.37. The van der Waals surface area contributed by atoms with Gasteiger partial charge in [-0.05, 0) is 38.5 Å². The van der Waals surface area contributed by atoms with Crippen LogP contribution in [0.1, 0.15) is 31.4 Å². The number of benzene rings is 1. The SMILES string of the molecule is Cc1ccc(N2CCOC(C)(C)C2)cc1C(F)F. The molecule has 4 heteroatoms. The van der Waals surface area contributed by atoms with E-state index in [0.29, 0.717) is 12.2 Å². The maximum absolute atomic E-state index is 12.9. The van der Waals surface area contributed by atoms with Gasteiger partial charge in [0.2, 0.25) is 0 Å². The van der Waals surface area contributed by atoms with Crippen LogP contribution in [0.4, 0.5) is 14.5 Å². The minimum Gasteiger partial charge on any atom is -0.372 e. The van der Waals surface area contributed by atoms with Crippen molar-refractivity contribution in [3.63, 3.8) is 0 Å². The van der Waals surface area contributed by atoms with Gasteiger partial charge in [0, 0.05) is 24.3 Å². The van der Waals surface area contributed by atoms with Crippen LogP contribution in [0, 0.1) is 6.92 Å². The fourth-order valence-electron chi connectivity index (χ4n) is 2.30. The molecular formula is C14H19F2NO. The van der Waals surface area contributed by atoms with E-state index in [1.807, 2.05) is 19.9 Å². The van der Waals surface area contributed by atoms with E-state index >= 15 is 0 Å². The summed E-state index contributed by atoms with van der Waals surface area (Å²) in [6.45, 7) is 7.84. The number of alkyl halides is 2. The van der Waals surface area contributed by atoms with E-state index < -0.39 is 6.43 Å². The molecule has 0 radical (unpaired) electrons. The van der Waals surface area contributed by atoms with Gasteiger partial charge in [-0.1, -0.05) is 6.07 Å². The van der Waals surface area contributed by atoms with Crippen LogP contribution in [0.15, 0.2) is 18.2 Å². The van der Waals surface area contributed by atoms with Crippen LogP contribution in [0.5, 0.6) is 0 Å². The topological polar surface area (TPSA) is 12.5 Å². The lowest BCUT2D eigenvalue weighted by atomic mass is 10.0. The number of rotatable bonds is 2. The number of morpholine rings is 1. The van der Waals surface area contributed by atoms with Crippen LogP contribution < -0.4 is 4.90 Å². The highest BCUT2D eigenvalue weighted by Crippen LogP contribution is 2.29. The molecule has 0 bridgehead atoms. The Balaban J connectivity index is 2.25. The summed E-state index contributed by atoms with van der Waals surface area (Å²) in [5.74, 6) is 0. The van der Waals surface area contributed by atoms with E-state index in [2.05, 4.69) is 4.90 Å². The second-order valence-electron chi connectivity index (χ2n) is 5.37. The molecule has 1 saturated heterocycles. The summed E-state index contributed by atoms with van der Waals surface area (Å²) in [5, 5.41) is 0. The highest BCUT2D eigenvalue weighted by atomic mass is 19.3. The van der Waals surface area contributed by atoms with E-state index in [9.17, 15) is 8.78 Å². The van der Waals surface area contributed by atoms with Gasteiger partial charge in [-0.3, -0.25) is 0 Å². The lowest BCUT2D eigenvalue weighted by Gasteiger charge is -2.39. The van der Waals surface area contributed by atoms with Gasteiger partial charge in [0.05, 0.1) is 12.2 Å². The normalized spacial score (nSPS) is 19.3. The minimum atomic E-state index is -2.42. The molecule has 0 saturated carbocycles. The Kier molecular flexibility index (Phi) is 3.57. The number of hydrogen-bond acceptors (Lipinski definition) is 2. The molecule has 0 spiro atoms. The van der Waals surface area contributed by atoms with Gasteiger partial charge in [-0.15, -0.1) is 0 Å². The molecule has 1 heterocycles. The number of nitrogens with zero attached hydrogens (tertiary/aromatic N) is 1. The molecular weight excluding hydrogens is 236 g/mol. The summed E-state index contributed by atoms with van der Waals surface area (Å²) >= 11 is 0. The molecule has 1 fully saturated rings. The van der Waals surface area contributed by atoms with Crippen LogP contribution in [0.2, 0.25) is 0 Å². The standard InChI is InChI=1S/C14H19F2NO/c1-10-4-5-11(8-12(10)13(15)16)17-6-7-18-14(2,3)9-17/h4-5,8,13H,6-7,9H2,1-3H3.